The first-order valence-electron chi connectivity index (χ1n) is 9.57. The molecule has 0 saturated carbocycles. The zero-order valence-electron chi connectivity index (χ0n) is 16.0. The summed E-state index contributed by atoms with van der Waals surface area (Å²) >= 11 is 0. The fraction of sp³-hybridized carbons (Fsp3) is 0.833. The van der Waals surface area contributed by atoms with E-state index in [0.29, 0.717) is 25.8 Å². The van der Waals surface area contributed by atoms with Crippen LogP contribution in [0, 0.1) is 5.41 Å². The second-order valence-electron chi connectivity index (χ2n) is 6.52. The number of guanidine groups is 1. The van der Waals surface area contributed by atoms with Gasteiger partial charge in [-0.2, -0.15) is 0 Å². The lowest BCUT2D eigenvalue weighted by atomic mass is 10.1. The minimum absolute atomic E-state index is 0. The Bertz CT molecular complexity index is 395. The first kappa shape index (κ1) is 26.7. The molecule has 8 heteroatoms. The van der Waals surface area contributed by atoms with Crippen molar-refractivity contribution in [2.24, 2.45) is 5.73 Å². The van der Waals surface area contributed by atoms with Crippen LogP contribution in [0.2, 0.25) is 0 Å². The molecule has 0 aliphatic heterocycles. The quantitative estimate of drug-likeness (QED) is 0.156. The molecule has 0 saturated heterocycles. The average molecular weight is 393 g/mol. The van der Waals surface area contributed by atoms with E-state index in [2.05, 4.69) is 17.6 Å². The average Bonchev–Trinajstić information content (AvgIpc) is 2.55. The molecule has 0 heterocycles. The number of hydrogen-bond donors (Lipinski definition) is 5. The predicted molar refractivity (Wildman–Crippen MR) is 108 cm³/mol. The number of amides is 1. The molecular formula is C18H37ClN4O3. The normalized spacial score (nSPS) is 11.3. The van der Waals surface area contributed by atoms with Gasteiger partial charge in [0.25, 0.3) is 0 Å². The highest BCUT2D eigenvalue weighted by Crippen LogP contribution is 2.10. The summed E-state index contributed by atoms with van der Waals surface area (Å²) in [7, 11) is 0. The summed E-state index contributed by atoms with van der Waals surface area (Å²) in [5.74, 6) is -1.36. The summed E-state index contributed by atoms with van der Waals surface area (Å²) in [4.78, 5) is 23.0. The van der Waals surface area contributed by atoms with Gasteiger partial charge in [0.1, 0.15) is 6.04 Å². The third-order valence-corrected chi connectivity index (χ3v) is 4.13. The number of carbonyl (C=O) groups excluding carboxylic acids is 1. The molecule has 0 aromatic heterocycles. The second-order valence-corrected chi connectivity index (χ2v) is 6.52. The Morgan fingerprint density at radius 3 is 2.04 bits per heavy atom. The lowest BCUT2D eigenvalue weighted by Gasteiger charge is -2.14. The van der Waals surface area contributed by atoms with Crippen molar-refractivity contribution in [2.45, 2.75) is 90.0 Å². The Kier molecular flexibility index (Phi) is 18.8. The highest BCUT2D eigenvalue weighted by atomic mass is 35.5. The SMILES string of the molecule is CCCCCCCCCCCC(=O)NC(CCCNC(=N)N)C(=O)O.Cl. The molecule has 0 aliphatic carbocycles. The van der Waals surface area contributed by atoms with E-state index >= 15 is 0 Å². The first-order valence-corrected chi connectivity index (χ1v) is 9.57. The van der Waals surface area contributed by atoms with Crippen molar-refractivity contribution in [1.29, 1.82) is 5.41 Å². The van der Waals surface area contributed by atoms with E-state index in [1.165, 1.54) is 38.5 Å². The van der Waals surface area contributed by atoms with Crippen molar-refractivity contribution in [3.63, 3.8) is 0 Å². The number of halogens is 1. The molecule has 6 N–H and O–H groups in total. The lowest BCUT2D eigenvalue weighted by molar-refractivity contribution is -0.142. The van der Waals surface area contributed by atoms with Gasteiger partial charge in [-0.25, -0.2) is 4.79 Å². The van der Waals surface area contributed by atoms with Gasteiger partial charge in [0, 0.05) is 13.0 Å². The van der Waals surface area contributed by atoms with E-state index in [-0.39, 0.29) is 24.3 Å². The number of carboxylic acids is 1. The first-order chi connectivity index (χ1) is 12.0. The number of rotatable bonds is 16. The largest absolute Gasteiger partial charge is 0.480 e. The Balaban J connectivity index is 0. The Labute approximate surface area is 163 Å². The van der Waals surface area contributed by atoms with Crippen LogP contribution in [-0.4, -0.2) is 35.5 Å². The van der Waals surface area contributed by atoms with Gasteiger partial charge < -0.3 is 21.5 Å². The molecule has 0 radical (unpaired) electrons. The van der Waals surface area contributed by atoms with Crippen molar-refractivity contribution in [3.05, 3.63) is 0 Å². The van der Waals surface area contributed by atoms with E-state index < -0.39 is 12.0 Å². The topological polar surface area (TPSA) is 128 Å². The van der Waals surface area contributed by atoms with E-state index in [0.717, 1.165) is 19.3 Å². The van der Waals surface area contributed by atoms with Crippen molar-refractivity contribution in [2.75, 3.05) is 6.54 Å². The number of hydrogen-bond acceptors (Lipinski definition) is 3. The minimum atomic E-state index is -1.02. The molecule has 1 unspecified atom stereocenters. The van der Waals surface area contributed by atoms with E-state index in [1.807, 2.05) is 0 Å². The number of nitrogens with two attached hydrogens (primary N) is 1. The van der Waals surface area contributed by atoms with E-state index in [9.17, 15) is 9.59 Å². The molecule has 0 fully saturated rings. The van der Waals surface area contributed by atoms with E-state index in [4.69, 9.17) is 16.2 Å². The molecule has 0 aromatic rings. The molecule has 0 aliphatic rings. The number of aliphatic carboxylic acids is 1. The second kappa shape index (κ2) is 18.3. The van der Waals surface area contributed by atoms with Crippen LogP contribution in [0.4, 0.5) is 0 Å². The van der Waals surface area contributed by atoms with Crippen molar-refractivity contribution >= 4 is 30.2 Å². The lowest BCUT2D eigenvalue weighted by Crippen LogP contribution is -2.41. The van der Waals surface area contributed by atoms with Crippen LogP contribution >= 0.6 is 12.4 Å². The molecule has 1 atom stereocenters. The van der Waals surface area contributed by atoms with Gasteiger partial charge in [-0.3, -0.25) is 10.2 Å². The van der Waals surface area contributed by atoms with Gasteiger partial charge in [0.05, 0.1) is 0 Å². The van der Waals surface area contributed by atoms with Crippen LogP contribution in [-0.2, 0) is 9.59 Å². The molecule has 0 aromatic carbocycles. The highest BCUT2D eigenvalue weighted by Gasteiger charge is 2.18. The number of nitrogens with one attached hydrogen (secondary N) is 3. The maximum atomic E-state index is 11.9. The third-order valence-electron chi connectivity index (χ3n) is 4.13. The monoisotopic (exact) mass is 392 g/mol. The fourth-order valence-electron chi connectivity index (χ4n) is 2.65. The van der Waals surface area contributed by atoms with Gasteiger partial charge in [-0.1, -0.05) is 58.3 Å². The van der Waals surface area contributed by atoms with Crippen LogP contribution in [0.15, 0.2) is 0 Å². The Morgan fingerprint density at radius 1 is 1.00 bits per heavy atom. The summed E-state index contributed by atoms with van der Waals surface area (Å²) in [5, 5.41) is 21.4. The van der Waals surface area contributed by atoms with Gasteiger partial charge in [0.15, 0.2) is 5.96 Å². The smallest absolute Gasteiger partial charge is 0.326 e. The van der Waals surface area contributed by atoms with Crippen molar-refractivity contribution in [1.82, 2.24) is 10.6 Å². The predicted octanol–water partition coefficient (Wildman–Crippen LogP) is 3.16. The molecular weight excluding hydrogens is 356 g/mol. The highest BCUT2D eigenvalue weighted by molar-refractivity contribution is 5.85. The Morgan fingerprint density at radius 2 is 1.54 bits per heavy atom. The van der Waals surface area contributed by atoms with Gasteiger partial charge in [-0.15, -0.1) is 12.4 Å². The summed E-state index contributed by atoms with van der Waals surface area (Å²) in [6.07, 6.45) is 11.9. The summed E-state index contributed by atoms with van der Waals surface area (Å²) < 4.78 is 0. The zero-order valence-corrected chi connectivity index (χ0v) is 16.8. The summed E-state index contributed by atoms with van der Waals surface area (Å²) in [6.45, 7) is 2.64. The fourth-order valence-corrected chi connectivity index (χ4v) is 2.65. The number of carboxylic acid groups (broad SMARTS) is 1. The minimum Gasteiger partial charge on any atom is -0.480 e. The molecule has 7 nitrogen and oxygen atoms in total. The van der Waals surface area contributed by atoms with Crippen LogP contribution in [0.5, 0.6) is 0 Å². The van der Waals surface area contributed by atoms with Crippen LogP contribution in [0.3, 0.4) is 0 Å². The standard InChI is InChI=1S/C18H36N4O3.ClH/c1-2-3-4-5-6-7-8-9-10-13-16(23)22-15(17(24)25)12-11-14-21-18(19)20;/h15H,2-14H2,1H3,(H,22,23)(H,24,25)(H4,19,20,21);1H. The van der Waals surface area contributed by atoms with Crippen molar-refractivity contribution < 1.29 is 14.7 Å². The number of unbranched alkanes of at least 4 members (excludes halogenated alkanes) is 8. The zero-order chi connectivity index (χ0) is 18.9. The Hall–Kier alpha value is -1.50. The molecule has 154 valence electrons. The molecule has 0 rings (SSSR count). The molecule has 1 amide bonds. The third kappa shape index (κ3) is 17.3. The van der Waals surface area contributed by atoms with Crippen LogP contribution < -0.4 is 16.4 Å². The van der Waals surface area contributed by atoms with Crippen LogP contribution in [0.1, 0.15) is 84.0 Å². The molecule has 0 bridgehead atoms. The van der Waals surface area contributed by atoms with Crippen LogP contribution in [0.25, 0.3) is 0 Å². The van der Waals surface area contributed by atoms with E-state index in [1.54, 1.807) is 0 Å². The van der Waals surface area contributed by atoms with Gasteiger partial charge in [0.2, 0.25) is 5.91 Å². The van der Waals surface area contributed by atoms with Gasteiger partial charge in [-0.05, 0) is 19.3 Å². The molecule has 0 spiro atoms. The number of carbonyl (C=O) groups is 2. The summed E-state index contributed by atoms with van der Waals surface area (Å²) in [6, 6.07) is -0.875. The molecule has 26 heavy (non-hydrogen) atoms. The maximum absolute atomic E-state index is 11.9. The van der Waals surface area contributed by atoms with Gasteiger partial charge >= 0.3 is 5.97 Å². The van der Waals surface area contributed by atoms with Crippen molar-refractivity contribution in [3.8, 4) is 0 Å². The summed E-state index contributed by atoms with van der Waals surface area (Å²) in [5.41, 5.74) is 5.16. The maximum Gasteiger partial charge on any atom is 0.326 e.